The van der Waals surface area contributed by atoms with Gasteiger partial charge in [0.1, 0.15) is 4.32 Å². The molecule has 0 atom stereocenters. The van der Waals surface area contributed by atoms with Gasteiger partial charge >= 0.3 is 0 Å². The Hall–Kier alpha value is -2.19. The number of rotatable bonds is 8. The van der Waals surface area contributed by atoms with Crippen molar-refractivity contribution in [2.45, 2.75) is 19.3 Å². The molecule has 0 aliphatic carbocycles. The van der Waals surface area contributed by atoms with Crippen LogP contribution in [0.5, 0.6) is 0 Å². The minimum Gasteiger partial charge on any atom is -0.550 e. The van der Waals surface area contributed by atoms with E-state index in [9.17, 15) is 19.5 Å². The van der Waals surface area contributed by atoms with E-state index in [0.717, 1.165) is 5.56 Å². The van der Waals surface area contributed by atoms with E-state index in [4.69, 9.17) is 12.2 Å². The number of carbonyl (C=O) groups is 3. The summed E-state index contributed by atoms with van der Waals surface area (Å²) < 4.78 is 0.428. The van der Waals surface area contributed by atoms with Crippen molar-refractivity contribution in [1.29, 1.82) is 0 Å². The van der Waals surface area contributed by atoms with Gasteiger partial charge in [-0.2, -0.15) is 0 Å². The van der Waals surface area contributed by atoms with Crippen LogP contribution in [0.3, 0.4) is 0 Å². The van der Waals surface area contributed by atoms with Gasteiger partial charge in [-0.25, -0.2) is 0 Å². The molecular formula is C17H17N2O4S2-. The first-order chi connectivity index (χ1) is 12.0. The number of nitrogens with one attached hydrogen (secondary N) is 1. The van der Waals surface area contributed by atoms with Gasteiger partial charge in [-0.15, -0.1) is 0 Å². The number of benzene rings is 1. The zero-order valence-electron chi connectivity index (χ0n) is 13.4. The molecule has 0 unspecified atom stereocenters. The SMILES string of the molecule is O=C([O-])CCCNC(=O)CCN1C(=O)/C(=C\c2ccccc2)SC1=S. The number of nitrogens with zero attached hydrogens (tertiary/aromatic N) is 1. The lowest BCUT2D eigenvalue weighted by molar-refractivity contribution is -0.305. The summed E-state index contributed by atoms with van der Waals surface area (Å²) in [5.74, 6) is -1.60. The Bertz CT molecular complexity index is 704. The number of hydrogen-bond donors (Lipinski definition) is 1. The Balaban J connectivity index is 1.83. The lowest BCUT2D eigenvalue weighted by Gasteiger charge is -2.14. The van der Waals surface area contributed by atoms with E-state index in [-0.39, 0.29) is 37.7 Å². The average molecular weight is 377 g/mol. The summed E-state index contributed by atoms with van der Waals surface area (Å²) in [6.07, 6.45) is 2.10. The predicted molar refractivity (Wildman–Crippen MR) is 98.2 cm³/mol. The summed E-state index contributed by atoms with van der Waals surface area (Å²) in [7, 11) is 0. The van der Waals surface area contributed by atoms with Crippen LogP contribution in [0.15, 0.2) is 35.2 Å². The third-order valence-electron chi connectivity index (χ3n) is 3.41. The monoisotopic (exact) mass is 377 g/mol. The summed E-state index contributed by atoms with van der Waals surface area (Å²) in [6.45, 7) is 0.461. The maximum absolute atomic E-state index is 12.4. The summed E-state index contributed by atoms with van der Waals surface area (Å²) in [4.78, 5) is 36.4. The van der Waals surface area contributed by atoms with E-state index in [1.807, 2.05) is 30.3 Å². The molecule has 1 N–H and O–H groups in total. The molecule has 2 rings (SSSR count). The van der Waals surface area contributed by atoms with Gasteiger partial charge in [0, 0.05) is 25.5 Å². The molecular weight excluding hydrogens is 360 g/mol. The molecule has 1 heterocycles. The second-order valence-corrected chi connectivity index (χ2v) is 7.00. The molecule has 1 aliphatic heterocycles. The fourth-order valence-electron chi connectivity index (χ4n) is 2.16. The zero-order chi connectivity index (χ0) is 18.2. The molecule has 1 fully saturated rings. The minimum absolute atomic E-state index is 0.0980. The van der Waals surface area contributed by atoms with E-state index in [1.165, 1.54) is 16.7 Å². The van der Waals surface area contributed by atoms with E-state index < -0.39 is 5.97 Å². The number of thiocarbonyl (C=S) groups is 1. The van der Waals surface area contributed by atoms with Crippen molar-refractivity contribution in [3.8, 4) is 0 Å². The number of aliphatic carboxylic acids is 1. The first-order valence-electron chi connectivity index (χ1n) is 7.74. The number of hydrogen-bond acceptors (Lipinski definition) is 6. The van der Waals surface area contributed by atoms with Crippen molar-refractivity contribution >= 4 is 52.2 Å². The number of carboxylic acids is 1. The molecule has 0 bridgehead atoms. The lowest BCUT2D eigenvalue weighted by atomic mass is 10.2. The van der Waals surface area contributed by atoms with Crippen molar-refractivity contribution in [1.82, 2.24) is 10.2 Å². The number of carboxylic acid groups (broad SMARTS) is 1. The molecule has 0 radical (unpaired) electrons. The Morgan fingerprint density at radius 2 is 1.96 bits per heavy atom. The zero-order valence-corrected chi connectivity index (χ0v) is 15.0. The van der Waals surface area contributed by atoms with Crippen molar-refractivity contribution in [2.75, 3.05) is 13.1 Å². The highest BCUT2D eigenvalue weighted by molar-refractivity contribution is 8.26. The maximum atomic E-state index is 12.4. The molecule has 132 valence electrons. The van der Waals surface area contributed by atoms with Gasteiger partial charge in [-0.05, 0) is 24.5 Å². The predicted octanol–water partition coefficient (Wildman–Crippen LogP) is 0.924. The highest BCUT2D eigenvalue weighted by Gasteiger charge is 2.31. The van der Waals surface area contributed by atoms with Crippen molar-refractivity contribution in [2.24, 2.45) is 0 Å². The molecule has 0 saturated carbocycles. The molecule has 0 aromatic heterocycles. The van der Waals surface area contributed by atoms with Crippen LogP contribution in [0.1, 0.15) is 24.8 Å². The van der Waals surface area contributed by atoms with E-state index >= 15 is 0 Å². The molecule has 0 spiro atoms. The van der Waals surface area contributed by atoms with Crippen molar-refractivity contribution in [3.63, 3.8) is 0 Å². The summed E-state index contributed by atoms with van der Waals surface area (Å²) >= 11 is 6.44. The number of carbonyl (C=O) groups excluding carboxylic acids is 3. The quantitative estimate of drug-likeness (QED) is 0.412. The van der Waals surface area contributed by atoms with Gasteiger partial charge in [0.25, 0.3) is 5.91 Å². The van der Waals surface area contributed by atoms with E-state index in [2.05, 4.69) is 5.32 Å². The normalized spacial score (nSPS) is 15.7. The highest BCUT2D eigenvalue weighted by atomic mass is 32.2. The largest absolute Gasteiger partial charge is 0.550 e. The molecule has 1 aromatic rings. The second kappa shape index (κ2) is 9.33. The van der Waals surface area contributed by atoms with E-state index in [1.54, 1.807) is 6.08 Å². The second-order valence-electron chi connectivity index (χ2n) is 5.32. The smallest absolute Gasteiger partial charge is 0.266 e. The van der Waals surface area contributed by atoms with Crippen LogP contribution in [-0.2, 0) is 14.4 Å². The molecule has 1 saturated heterocycles. The average Bonchev–Trinajstić information content (AvgIpc) is 2.84. The summed E-state index contributed by atoms with van der Waals surface area (Å²) in [6, 6.07) is 9.46. The minimum atomic E-state index is -1.14. The Kier molecular flexibility index (Phi) is 7.15. The van der Waals surface area contributed by atoms with Crippen molar-refractivity contribution in [3.05, 3.63) is 40.8 Å². The fourth-order valence-corrected chi connectivity index (χ4v) is 3.46. The number of thioether (sulfide) groups is 1. The van der Waals surface area contributed by atoms with Crippen LogP contribution in [0, 0.1) is 0 Å². The fraction of sp³-hybridized carbons (Fsp3) is 0.294. The van der Waals surface area contributed by atoms with Gasteiger partial charge < -0.3 is 15.2 Å². The number of amides is 2. The van der Waals surface area contributed by atoms with Crippen LogP contribution >= 0.6 is 24.0 Å². The summed E-state index contributed by atoms with van der Waals surface area (Å²) in [5, 5.41) is 12.9. The lowest BCUT2D eigenvalue weighted by Crippen LogP contribution is -2.34. The molecule has 8 heteroatoms. The van der Waals surface area contributed by atoms with Crippen LogP contribution in [0.4, 0.5) is 0 Å². The van der Waals surface area contributed by atoms with Gasteiger partial charge in [-0.1, -0.05) is 54.3 Å². The third kappa shape index (κ3) is 5.99. The maximum Gasteiger partial charge on any atom is 0.266 e. The first-order valence-corrected chi connectivity index (χ1v) is 8.97. The Morgan fingerprint density at radius 3 is 2.64 bits per heavy atom. The molecule has 2 amide bonds. The third-order valence-corrected chi connectivity index (χ3v) is 4.79. The first kappa shape index (κ1) is 19.1. The molecule has 1 aliphatic rings. The standard InChI is InChI=1S/C17H18N2O4S2/c20-14(18-9-4-7-15(21)22)8-10-19-16(23)13(25-17(19)24)11-12-5-2-1-3-6-12/h1-3,5-6,11H,4,7-10H2,(H,18,20)(H,21,22)/p-1/b13-11+. The van der Waals surface area contributed by atoms with Gasteiger partial charge in [0.05, 0.1) is 4.91 Å². The molecule has 1 aromatic carbocycles. The van der Waals surface area contributed by atoms with Gasteiger partial charge in [-0.3, -0.25) is 14.5 Å². The van der Waals surface area contributed by atoms with Crippen LogP contribution < -0.4 is 10.4 Å². The van der Waals surface area contributed by atoms with Crippen LogP contribution in [0.2, 0.25) is 0 Å². The van der Waals surface area contributed by atoms with Gasteiger partial charge in [0.15, 0.2) is 0 Å². The topological polar surface area (TPSA) is 89.5 Å². The highest BCUT2D eigenvalue weighted by Crippen LogP contribution is 2.32. The molecule has 25 heavy (non-hydrogen) atoms. The Labute approximate surface area is 155 Å². The van der Waals surface area contributed by atoms with Crippen LogP contribution in [0.25, 0.3) is 6.08 Å². The Morgan fingerprint density at radius 1 is 1.24 bits per heavy atom. The van der Waals surface area contributed by atoms with Gasteiger partial charge in [0.2, 0.25) is 5.91 Å². The summed E-state index contributed by atoms with van der Waals surface area (Å²) in [5.41, 5.74) is 0.911. The van der Waals surface area contributed by atoms with Crippen LogP contribution in [-0.4, -0.2) is 40.1 Å². The van der Waals surface area contributed by atoms with Crippen molar-refractivity contribution < 1.29 is 19.5 Å². The van der Waals surface area contributed by atoms with E-state index in [0.29, 0.717) is 15.6 Å². The molecule has 6 nitrogen and oxygen atoms in total.